The molecule has 0 fully saturated rings. The predicted octanol–water partition coefficient (Wildman–Crippen LogP) is -0.226. The van der Waals surface area contributed by atoms with Crippen LogP contribution in [0.25, 0.3) is 0 Å². The number of rotatable bonds is 1. The predicted molar refractivity (Wildman–Crippen MR) is 29.2 cm³/mol. The van der Waals surface area contributed by atoms with Crippen molar-refractivity contribution < 1.29 is 5.48 Å². The summed E-state index contributed by atoms with van der Waals surface area (Å²) in [6, 6.07) is 5.21. The van der Waals surface area contributed by atoms with Crippen molar-refractivity contribution in [3.63, 3.8) is 0 Å². The third-order valence-electron chi connectivity index (χ3n) is 0.809. The van der Waals surface area contributed by atoms with Crippen LogP contribution in [0.3, 0.4) is 0 Å². The van der Waals surface area contributed by atoms with Crippen LogP contribution in [0.4, 0.5) is 5.82 Å². The summed E-state index contributed by atoms with van der Waals surface area (Å²) in [5.74, 6) is 0.479. The third-order valence-corrected chi connectivity index (χ3v) is 0.809. The number of hydrogen-bond donors (Lipinski definition) is 1. The van der Waals surface area contributed by atoms with Gasteiger partial charge in [0, 0.05) is 12.3 Å². The maximum Gasteiger partial charge on any atom is 0.224 e. The van der Waals surface area contributed by atoms with Crippen LogP contribution in [0.2, 0.25) is 0 Å². The molecule has 0 bridgehead atoms. The zero-order valence-corrected chi connectivity index (χ0v) is 4.24. The quantitative estimate of drug-likeness (QED) is 0.508. The number of nitrogens with two attached hydrogens (primary N) is 1. The molecule has 0 aromatic carbocycles. The van der Waals surface area contributed by atoms with Gasteiger partial charge in [-0.3, -0.25) is 0 Å². The number of quaternary nitrogens is 1. The summed E-state index contributed by atoms with van der Waals surface area (Å²) < 4.78 is 0. The summed E-state index contributed by atoms with van der Waals surface area (Å²) in [5, 5.41) is 9.94. The van der Waals surface area contributed by atoms with Crippen molar-refractivity contribution in [2.75, 3.05) is 0 Å². The van der Waals surface area contributed by atoms with Crippen LogP contribution < -0.4 is 5.48 Å². The Morgan fingerprint density at radius 2 is 2.38 bits per heavy atom. The number of hydrogen-bond acceptors (Lipinski definition) is 2. The first-order valence-corrected chi connectivity index (χ1v) is 2.29. The second-order valence-electron chi connectivity index (χ2n) is 1.37. The topological polar surface area (TPSA) is 52.6 Å². The SMILES string of the molecule is [O-][NH2+]c1ccccn1. The van der Waals surface area contributed by atoms with Gasteiger partial charge >= 0.3 is 0 Å². The van der Waals surface area contributed by atoms with Crippen LogP contribution in [-0.4, -0.2) is 4.98 Å². The van der Waals surface area contributed by atoms with Gasteiger partial charge in [-0.05, 0) is 6.07 Å². The van der Waals surface area contributed by atoms with Crippen LogP contribution in [0.1, 0.15) is 0 Å². The largest absolute Gasteiger partial charge is 0.629 e. The standard InChI is InChI=1S/C5H6N2O/c8-7-5-3-1-2-4-6-5/h1-4H,7H2. The molecule has 3 nitrogen and oxygen atoms in total. The lowest BCUT2D eigenvalue weighted by atomic mass is 10.5. The van der Waals surface area contributed by atoms with Gasteiger partial charge in [0.15, 0.2) is 0 Å². The molecule has 1 aromatic rings. The minimum atomic E-state index is 0.479. The molecule has 1 rings (SSSR count). The summed E-state index contributed by atoms with van der Waals surface area (Å²) >= 11 is 0. The van der Waals surface area contributed by atoms with E-state index in [2.05, 4.69) is 4.98 Å². The van der Waals surface area contributed by atoms with E-state index in [4.69, 9.17) is 0 Å². The van der Waals surface area contributed by atoms with E-state index in [-0.39, 0.29) is 0 Å². The summed E-state index contributed by atoms with van der Waals surface area (Å²) in [6.07, 6.45) is 1.59. The summed E-state index contributed by atoms with van der Waals surface area (Å²) in [5.41, 5.74) is 0.722. The molecule has 0 aliphatic heterocycles. The second-order valence-corrected chi connectivity index (χ2v) is 1.37. The van der Waals surface area contributed by atoms with E-state index in [1.807, 2.05) is 0 Å². The van der Waals surface area contributed by atoms with Crippen molar-refractivity contribution in [2.24, 2.45) is 0 Å². The highest BCUT2D eigenvalue weighted by molar-refractivity contribution is 5.14. The van der Waals surface area contributed by atoms with E-state index in [0.717, 1.165) is 5.48 Å². The van der Waals surface area contributed by atoms with Crippen LogP contribution in [0.15, 0.2) is 24.4 Å². The van der Waals surface area contributed by atoms with E-state index in [1.165, 1.54) is 0 Å². The molecule has 0 saturated carbocycles. The van der Waals surface area contributed by atoms with Crippen molar-refractivity contribution in [2.45, 2.75) is 0 Å². The molecular weight excluding hydrogens is 104 g/mol. The molecule has 0 aliphatic rings. The minimum absolute atomic E-state index is 0.479. The van der Waals surface area contributed by atoms with Crippen LogP contribution in [0, 0.1) is 5.21 Å². The van der Waals surface area contributed by atoms with Crippen molar-refractivity contribution in [1.29, 1.82) is 0 Å². The molecule has 1 heterocycles. The Morgan fingerprint density at radius 1 is 1.50 bits per heavy atom. The van der Waals surface area contributed by atoms with Crippen LogP contribution in [0.5, 0.6) is 0 Å². The van der Waals surface area contributed by atoms with Gasteiger partial charge in [0.25, 0.3) is 0 Å². The molecule has 0 saturated heterocycles. The molecule has 3 heteroatoms. The van der Waals surface area contributed by atoms with Crippen molar-refractivity contribution in [3.05, 3.63) is 29.6 Å². The summed E-state index contributed by atoms with van der Waals surface area (Å²) in [7, 11) is 0. The molecule has 0 spiro atoms. The zero-order chi connectivity index (χ0) is 5.82. The van der Waals surface area contributed by atoms with E-state index in [9.17, 15) is 5.21 Å². The lowest BCUT2D eigenvalue weighted by Gasteiger charge is -1.95. The fraction of sp³-hybridized carbons (Fsp3) is 0. The van der Waals surface area contributed by atoms with Gasteiger partial charge in [-0.25, -0.2) is 4.98 Å². The van der Waals surface area contributed by atoms with Crippen molar-refractivity contribution >= 4 is 5.82 Å². The Balaban J connectivity index is 2.83. The van der Waals surface area contributed by atoms with E-state index >= 15 is 0 Å². The first-order valence-electron chi connectivity index (χ1n) is 2.29. The van der Waals surface area contributed by atoms with Gasteiger partial charge in [0.05, 0.1) is 0 Å². The van der Waals surface area contributed by atoms with Gasteiger partial charge in [-0.15, -0.1) is 0 Å². The summed E-state index contributed by atoms with van der Waals surface area (Å²) in [4.78, 5) is 3.73. The fourth-order valence-electron chi connectivity index (χ4n) is 0.446. The van der Waals surface area contributed by atoms with Crippen LogP contribution >= 0.6 is 0 Å². The molecule has 2 N–H and O–H groups in total. The normalized spacial score (nSPS) is 9.12. The average molecular weight is 110 g/mol. The lowest BCUT2D eigenvalue weighted by Crippen LogP contribution is -2.70. The highest BCUT2D eigenvalue weighted by atomic mass is 16.5. The molecule has 0 aliphatic carbocycles. The van der Waals surface area contributed by atoms with Gasteiger partial charge in [0.1, 0.15) is 0 Å². The molecule has 0 atom stereocenters. The van der Waals surface area contributed by atoms with Crippen molar-refractivity contribution in [3.8, 4) is 0 Å². The Hall–Kier alpha value is -0.930. The Bertz CT molecular complexity index is 152. The van der Waals surface area contributed by atoms with Gasteiger partial charge in [-0.1, -0.05) is 6.07 Å². The molecular formula is C5H6N2O. The number of nitrogens with zero attached hydrogens (tertiary/aromatic N) is 1. The monoisotopic (exact) mass is 110 g/mol. The maximum atomic E-state index is 9.94. The Labute approximate surface area is 46.9 Å². The molecule has 0 amide bonds. The van der Waals surface area contributed by atoms with Crippen LogP contribution in [-0.2, 0) is 0 Å². The average Bonchev–Trinajstić information content (AvgIpc) is 1.90. The first kappa shape index (κ1) is 5.21. The fourth-order valence-corrected chi connectivity index (χ4v) is 0.446. The molecule has 42 valence electrons. The van der Waals surface area contributed by atoms with E-state index in [0.29, 0.717) is 5.82 Å². The second kappa shape index (κ2) is 2.40. The van der Waals surface area contributed by atoms with Crippen molar-refractivity contribution in [1.82, 2.24) is 4.98 Å². The number of aromatic nitrogens is 1. The summed E-state index contributed by atoms with van der Waals surface area (Å²) in [6.45, 7) is 0. The molecule has 0 radical (unpaired) electrons. The molecule has 8 heavy (non-hydrogen) atoms. The highest BCUT2D eigenvalue weighted by Crippen LogP contribution is 1.88. The number of pyridine rings is 1. The highest BCUT2D eigenvalue weighted by Gasteiger charge is 1.82. The van der Waals surface area contributed by atoms with Gasteiger partial charge < -0.3 is 10.7 Å². The maximum absolute atomic E-state index is 9.94. The van der Waals surface area contributed by atoms with E-state index in [1.54, 1.807) is 24.4 Å². The minimum Gasteiger partial charge on any atom is -0.629 e. The third kappa shape index (κ3) is 1.02. The molecule has 0 unspecified atom stereocenters. The molecule has 1 aromatic heterocycles. The lowest BCUT2D eigenvalue weighted by molar-refractivity contribution is -0.501. The van der Waals surface area contributed by atoms with Gasteiger partial charge in [0.2, 0.25) is 5.82 Å². The van der Waals surface area contributed by atoms with Gasteiger partial charge in [-0.2, -0.15) is 0 Å². The first-order chi connectivity index (χ1) is 3.93. The smallest absolute Gasteiger partial charge is 0.224 e. The van der Waals surface area contributed by atoms with E-state index < -0.39 is 0 Å². The zero-order valence-electron chi connectivity index (χ0n) is 4.24. The Morgan fingerprint density at radius 3 is 2.75 bits per heavy atom. The Kier molecular flexibility index (Phi) is 1.56.